The van der Waals surface area contributed by atoms with E-state index in [2.05, 4.69) is 0 Å². The Morgan fingerprint density at radius 3 is 2.55 bits per heavy atom. The van der Waals surface area contributed by atoms with Crippen LogP contribution in [-0.2, 0) is 9.84 Å². The number of sulfone groups is 1. The van der Waals surface area contributed by atoms with Gasteiger partial charge in [0.25, 0.3) is 0 Å². The van der Waals surface area contributed by atoms with Gasteiger partial charge in [-0.05, 0) is 36.8 Å². The van der Waals surface area contributed by atoms with Crippen LogP contribution in [0.25, 0.3) is 0 Å². The van der Waals surface area contributed by atoms with Gasteiger partial charge in [0, 0.05) is 9.79 Å². The number of phenolic OH excluding ortho intramolecular Hbond substituents is 1. The maximum atomic E-state index is 12.2. The summed E-state index contributed by atoms with van der Waals surface area (Å²) in [7, 11) is -3.25. The van der Waals surface area contributed by atoms with Crippen molar-refractivity contribution < 1.29 is 13.5 Å². The largest absolute Gasteiger partial charge is 0.508 e. The van der Waals surface area contributed by atoms with Crippen LogP contribution in [0.2, 0.25) is 0 Å². The maximum absolute atomic E-state index is 12.2. The van der Waals surface area contributed by atoms with Crippen molar-refractivity contribution in [1.29, 1.82) is 0 Å². The third-order valence-corrected chi connectivity index (χ3v) is 5.87. The van der Waals surface area contributed by atoms with E-state index >= 15 is 0 Å². The summed E-state index contributed by atoms with van der Waals surface area (Å²) in [6.45, 7) is 1.85. The Balaban J connectivity index is 2.38. The van der Waals surface area contributed by atoms with Gasteiger partial charge in [-0.1, -0.05) is 36.9 Å². The molecular weight excluding hydrogens is 292 g/mol. The highest BCUT2D eigenvalue weighted by Gasteiger charge is 2.17. The van der Waals surface area contributed by atoms with Crippen molar-refractivity contribution in [3.05, 3.63) is 48.5 Å². The molecule has 2 rings (SSSR count). The normalized spacial score (nSPS) is 11.4. The fourth-order valence-corrected chi connectivity index (χ4v) is 4.66. The molecule has 20 heavy (non-hydrogen) atoms. The number of benzene rings is 2. The van der Waals surface area contributed by atoms with Crippen molar-refractivity contribution in [2.75, 3.05) is 5.75 Å². The lowest BCUT2D eigenvalue weighted by molar-refractivity contribution is 0.474. The average molecular weight is 308 g/mol. The Morgan fingerprint density at radius 1 is 1.10 bits per heavy atom. The molecule has 2 aromatic carbocycles. The topological polar surface area (TPSA) is 54.4 Å². The first-order valence-corrected chi connectivity index (χ1v) is 8.78. The zero-order chi connectivity index (χ0) is 14.6. The van der Waals surface area contributed by atoms with Crippen molar-refractivity contribution >= 4 is 21.6 Å². The number of rotatable bonds is 5. The molecule has 0 heterocycles. The van der Waals surface area contributed by atoms with E-state index in [0.29, 0.717) is 16.2 Å². The average Bonchev–Trinajstić information content (AvgIpc) is 2.39. The molecule has 2 aromatic rings. The minimum absolute atomic E-state index is 0.143. The summed E-state index contributed by atoms with van der Waals surface area (Å²) in [5.74, 6) is 0.314. The fourth-order valence-electron chi connectivity index (χ4n) is 1.84. The molecule has 0 fully saturated rings. The summed E-state index contributed by atoms with van der Waals surface area (Å²) in [4.78, 5) is 1.85. The standard InChI is InChI=1S/C15H16O3S2/c1-2-10-20(17,18)15-9-4-3-8-14(15)19-13-7-5-6-12(16)11-13/h3-9,11,16H,2,10H2,1H3. The Kier molecular flexibility index (Phi) is 4.73. The number of hydrogen-bond donors (Lipinski definition) is 1. The van der Waals surface area contributed by atoms with E-state index in [1.807, 2.05) is 19.1 Å². The predicted molar refractivity (Wildman–Crippen MR) is 81.0 cm³/mol. The lowest BCUT2D eigenvalue weighted by Crippen LogP contribution is -2.07. The first-order chi connectivity index (χ1) is 9.53. The van der Waals surface area contributed by atoms with E-state index in [1.165, 1.54) is 11.8 Å². The Morgan fingerprint density at radius 2 is 1.85 bits per heavy atom. The Hall–Kier alpha value is -1.46. The molecule has 1 N–H and O–H groups in total. The monoisotopic (exact) mass is 308 g/mol. The van der Waals surface area contributed by atoms with Crippen molar-refractivity contribution in [3.8, 4) is 5.75 Å². The van der Waals surface area contributed by atoms with E-state index in [4.69, 9.17) is 0 Å². The third kappa shape index (κ3) is 3.55. The third-order valence-electron chi connectivity index (χ3n) is 2.70. The Labute approximate surface area is 123 Å². The van der Waals surface area contributed by atoms with E-state index in [9.17, 15) is 13.5 Å². The zero-order valence-electron chi connectivity index (χ0n) is 11.1. The Bertz CT molecular complexity index is 694. The molecule has 0 saturated heterocycles. The van der Waals surface area contributed by atoms with Crippen LogP contribution in [0.4, 0.5) is 0 Å². The summed E-state index contributed by atoms with van der Waals surface area (Å²) in [6.07, 6.45) is 0.591. The van der Waals surface area contributed by atoms with Crippen molar-refractivity contribution in [3.63, 3.8) is 0 Å². The van der Waals surface area contributed by atoms with Crippen LogP contribution in [0.5, 0.6) is 5.75 Å². The lowest BCUT2D eigenvalue weighted by Gasteiger charge is -2.09. The molecule has 0 atom stereocenters. The first kappa shape index (κ1) is 14.9. The van der Waals surface area contributed by atoms with E-state index in [1.54, 1.807) is 36.4 Å². The summed E-state index contributed by atoms with van der Waals surface area (Å²) in [5, 5.41) is 9.47. The van der Waals surface area contributed by atoms with Gasteiger partial charge in [0.2, 0.25) is 0 Å². The van der Waals surface area contributed by atoms with Gasteiger partial charge >= 0.3 is 0 Å². The van der Waals surface area contributed by atoms with Crippen molar-refractivity contribution in [1.82, 2.24) is 0 Å². The molecule has 0 amide bonds. The first-order valence-electron chi connectivity index (χ1n) is 6.31. The second-order valence-electron chi connectivity index (χ2n) is 4.37. The minimum atomic E-state index is -3.25. The molecule has 0 aliphatic carbocycles. The number of phenols is 1. The summed E-state index contributed by atoms with van der Waals surface area (Å²) in [5.41, 5.74) is 0. The van der Waals surface area contributed by atoms with Gasteiger partial charge in [0.1, 0.15) is 5.75 Å². The van der Waals surface area contributed by atoms with Gasteiger partial charge in [-0.25, -0.2) is 8.42 Å². The van der Waals surface area contributed by atoms with Crippen molar-refractivity contribution in [2.45, 2.75) is 28.0 Å². The molecule has 0 unspecified atom stereocenters. The number of hydrogen-bond acceptors (Lipinski definition) is 4. The molecule has 0 radical (unpaired) electrons. The van der Waals surface area contributed by atoms with E-state index in [-0.39, 0.29) is 11.5 Å². The summed E-state index contributed by atoms with van der Waals surface area (Å²) >= 11 is 1.34. The molecule has 0 aromatic heterocycles. The quantitative estimate of drug-likeness (QED) is 0.914. The maximum Gasteiger partial charge on any atom is 0.179 e. The van der Waals surface area contributed by atoms with Crippen molar-refractivity contribution in [2.24, 2.45) is 0 Å². The van der Waals surface area contributed by atoms with Gasteiger partial charge in [-0.2, -0.15) is 0 Å². The van der Waals surface area contributed by atoms with E-state index < -0.39 is 9.84 Å². The van der Waals surface area contributed by atoms with Crippen LogP contribution in [0.3, 0.4) is 0 Å². The van der Waals surface area contributed by atoms with Gasteiger partial charge in [-0.15, -0.1) is 0 Å². The van der Waals surface area contributed by atoms with Crippen LogP contribution in [0.1, 0.15) is 13.3 Å². The molecule has 0 aliphatic rings. The van der Waals surface area contributed by atoms with Crippen LogP contribution < -0.4 is 0 Å². The van der Waals surface area contributed by atoms with Crippen LogP contribution in [0, 0.1) is 0 Å². The molecule has 0 aliphatic heterocycles. The highest BCUT2D eigenvalue weighted by atomic mass is 32.2. The molecule has 106 valence electrons. The van der Waals surface area contributed by atoms with Crippen LogP contribution >= 0.6 is 11.8 Å². The van der Waals surface area contributed by atoms with Gasteiger partial charge in [-0.3, -0.25) is 0 Å². The second-order valence-corrected chi connectivity index (χ2v) is 7.56. The highest BCUT2D eigenvalue weighted by molar-refractivity contribution is 8.00. The number of aromatic hydroxyl groups is 1. The smallest absolute Gasteiger partial charge is 0.179 e. The molecule has 0 saturated carbocycles. The minimum Gasteiger partial charge on any atom is -0.508 e. The molecule has 5 heteroatoms. The SMILES string of the molecule is CCCS(=O)(=O)c1ccccc1Sc1cccc(O)c1. The lowest BCUT2D eigenvalue weighted by atomic mass is 10.3. The molecule has 0 spiro atoms. The summed E-state index contributed by atoms with van der Waals surface area (Å²) in [6, 6.07) is 13.8. The van der Waals surface area contributed by atoms with Crippen LogP contribution in [0.15, 0.2) is 63.2 Å². The molecular formula is C15H16O3S2. The molecule has 0 bridgehead atoms. The van der Waals surface area contributed by atoms with Gasteiger partial charge in [0.15, 0.2) is 9.84 Å². The van der Waals surface area contributed by atoms with Gasteiger partial charge < -0.3 is 5.11 Å². The fraction of sp³-hybridized carbons (Fsp3) is 0.200. The predicted octanol–water partition coefficient (Wildman–Crippen LogP) is 3.73. The summed E-state index contributed by atoms with van der Waals surface area (Å²) < 4.78 is 24.5. The second kappa shape index (κ2) is 6.33. The van der Waals surface area contributed by atoms with Crippen LogP contribution in [-0.4, -0.2) is 19.3 Å². The highest BCUT2D eigenvalue weighted by Crippen LogP contribution is 2.34. The van der Waals surface area contributed by atoms with Gasteiger partial charge in [0.05, 0.1) is 10.6 Å². The molecule has 3 nitrogen and oxygen atoms in total. The zero-order valence-corrected chi connectivity index (χ0v) is 12.7. The van der Waals surface area contributed by atoms with E-state index in [0.717, 1.165) is 4.90 Å².